The molecule has 7 nitrogen and oxygen atoms in total. The largest absolute Gasteiger partial charge is 0.494 e. The van der Waals surface area contributed by atoms with Crippen LogP contribution >= 0.6 is 0 Å². The van der Waals surface area contributed by atoms with Crippen LogP contribution in [0, 0.1) is 0 Å². The van der Waals surface area contributed by atoms with Gasteiger partial charge in [-0.1, -0.05) is 0 Å². The molecule has 0 amide bonds. The van der Waals surface area contributed by atoms with E-state index in [0.29, 0.717) is 32.1 Å². The molecule has 30 heavy (non-hydrogen) atoms. The molecule has 0 unspecified atom stereocenters. The van der Waals surface area contributed by atoms with Crippen LogP contribution < -0.4 is 15.0 Å². The number of nitrogens with zero attached hydrogens (tertiary/aromatic N) is 3. The van der Waals surface area contributed by atoms with Gasteiger partial charge in [-0.3, -0.25) is 14.7 Å². The maximum absolute atomic E-state index is 12.8. The summed E-state index contributed by atoms with van der Waals surface area (Å²) in [4.78, 5) is 27.4. The zero-order valence-corrected chi connectivity index (χ0v) is 17.9. The molecule has 3 heterocycles. The molecule has 0 spiro atoms. The molecule has 1 aromatic carbocycles. The Morgan fingerprint density at radius 2 is 2.00 bits per heavy atom. The van der Waals surface area contributed by atoms with Crippen LogP contribution in [0.15, 0.2) is 28.0 Å². The highest BCUT2D eigenvalue weighted by molar-refractivity contribution is 5.97. The lowest BCUT2D eigenvalue weighted by Gasteiger charge is -2.28. The topological polar surface area (TPSA) is 79.8 Å². The molecular weight excluding hydrogens is 380 g/mol. The van der Waals surface area contributed by atoms with Gasteiger partial charge in [0.25, 0.3) is 5.56 Å². The summed E-state index contributed by atoms with van der Waals surface area (Å²) in [6, 6.07) is 5.94. The SMILES string of the molecule is CCOc1ccc(OCC)c(CN2CCc3nc(C4=NCCCC4)[nH]c(=O)c3C2)c1. The summed E-state index contributed by atoms with van der Waals surface area (Å²) < 4.78 is 11.5. The van der Waals surface area contributed by atoms with Crippen molar-refractivity contribution in [3.8, 4) is 11.5 Å². The molecule has 0 saturated carbocycles. The Bertz CT molecular complexity index is 983. The first-order valence-corrected chi connectivity index (χ1v) is 10.9. The van der Waals surface area contributed by atoms with Gasteiger partial charge in [-0.25, -0.2) is 4.98 Å². The van der Waals surface area contributed by atoms with Crippen molar-refractivity contribution >= 4 is 5.71 Å². The standard InChI is InChI=1S/C23H30N4O3/c1-3-29-17-8-9-21(30-4-2)16(13-17)14-27-12-10-19-18(15-27)23(28)26-22(25-19)20-7-5-6-11-24-20/h8-9,13H,3-7,10-12,14-15H2,1-2H3,(H,25,26,28). The van der Waals surface area contributed by atoms with Gasteiger partial charge in [-0.2, -0.15) is 0 Å². The van der Waals surface area contributed by atoms with E-state index in [-0.39, 0.29) is 5.56 Å². The van der Waals surface area contributed by atoms with Gasteiger partial charge >= 0.3 is 0 Å². The second-order valence-corrected chi connectivity index (χ2v) is 7.72. The number of fused-ring (bicyclic) bond motifs is 1. The van der Waals surface area contributed by atoms with Crippen LogP contribution in [-0.2, 0) is 19.5 Å². The number of rotatable bonds is 7. The highest BCUT2D eigenvalue weighted by Crippen LogP contribution is 2.27. The zero-order chi connectivity index (χ0) is 20.9. The number of ether oxygens (including phenoxy) is 2. The van der Waals surface area contributed by atoms with Crippen molar-refractivity contribution in [1.82, 2.24) is 14.9 Å². The van der Waals surface area contributed by atoms with E-state index >= 15 is 0 Å². The van der Waals surface area contributed by atoms with Gasteiger partial charge < -0.3 is 14.5 Å². The molecule has 1 aromatic heterocycles. The van der Waals surface area contributed by atoms with Crippen molar-refractivity contribution in [2.75, 3.05) is 26.3 Å². The van der Waals surface area contributed by atoms with E-state index in [1.807, 2.05) is 32.0 Å². The van der Waals surface area contributed by atoms with Crippen molar-refractivity contribution in [3.63, 3.8) is 0 Å². The summed E-state index contributed by atoms with van der Waals surface area (Å²) in [6.07, 6.45) is 3.87. The first-order chi connectivity index (χ1) is 14.7. The molecule has 0 bridgehead atoms. The maximum Gasteiger partial charge on any atom is 0.255 e. The molecule has 0 atom stereocenters. The van der Waals surface area contributed by atoms with Crippen LogP contribution in [0.25, 0.3) is 0 Å². The Morgan fingerprint density at radius 1 is 1.13 bits per heavy atom. The van der Waals surface area contributed by atoms with Gasteiger partial charge in [-0.05, 0) is 51.3 Å². The highest BCUT2D eigenvalue weighted by Gasteiger charge is 2.23. The molecule has 1 N–H and O–H groups in total. The molecule has 0 aliphatic carbocycles. The Labute approximate surface area is 177 Å². The zero-order valence-electron chi connectivity index (χ0n) is 17.9. The van der Waals surface area contributed by atoms with Gasteiger partial charge in [0.15, 0.2) is 5.82 Å². The van der Waals surface area contributed by atoms with Gasteiger partial charge in [0, 0.05) is 38.2 Å². The normalized spacial score (nSPS) is 16.7. The van der Waals surface area contributed by atoms with Gasteiger partial charge in [0.2, 0.25) is 0 Å². The molecular formula is C23H30N4O3. The van der Waals surface area contributed by atoms with Crippen molar-refractivity contribution in [2.24, 2.45) is 4.99 Å². The van der Waals surface area contributed by atoms with Crippen molar-refractivity contribution < 1.29 is 9.47 Å². The highest BCUT2D eigenvalue weighted by atomic mass is 16.5. The van der Waals surface area contributed by atoms with Crippen LogP contribution in [0.1, 0.15) is 55.8 Å². The summed E-state index contributed by atoms with van der Waals surface area (Å²) in [7, 11) is 0. The molecule has 0 radical (unpaired) electrons. The molecule has 2 aliphatic heterocycles. The Morgan fingerprint density at radius 3 is 2.77 bits per heavy atom. The Balaban J connectivity index is 1.54. The van der Waals surface area contributed by atoms with Gasteiger partial charge in [0.1, 0.15) is 11.5 Å². The van der Waals surface area contributed by atoms with Gasteiger partial charge in [-0.15, -0.1) is 0 Å². The second kappa shape index (κ2) is 9.43. The number of benzene rings is 1. The van der Waals surface area contributed by atoms with Crippen molar-refractivity contribution in [3.05, 3.63) is 51.2 Å². The molecule has 160 valence electrons. The minimum absolute atomic E-state index is 0.0407. The molecule has 7 heteroatoms. The van der Waals surface area contributed by atoms with Crippen LogP contribution in [0.4, 0.5) is 0 Å². The van der Waals surface area contributed by atoms with Crippen molar-refractivity contribution in [1.29, 1.82) is 0 Å². The fourth-order valence-corrected chi connectivity index (χ4v) is 4.12. The lowest BCUT2D eigenvalue weighted by atomic mass is 10.0. The number of aromatic amines is 1. The lowest BCUT2D eigenvalue weighted by Crippen LogP contribution is -2.36. The summed E-state index contributed by atoms with van der Waals surface area (Å²) in [5.41, 5.74) is 3.65. The number of aliphatic imine (C=N–C) groups is 1. The van der Waals surface area contributed by atoms with E-state index in [9.17, 15) is 4.79 Å². The number of hydrogen-bond acceptors (Lipinski definition) is 6. The number of hydrogen-bond donors (Lipinski definition) is 1. The summed E-state index contributed by atoms with van der Waals surface area (Å²) in [6.45, 7) is 8.14. The fraction of sp³-hybridized carbons (Fsp3) is 0.522. The lowest BCUT2D eigenvalue weighted by molar-refractivity contribution is 0.235. The number of H-pyrrole nitrogens is 1. The first kappa shape index (κ1) is 20.6. The second-order valence-electron chi connectivity index (χ2n) is 7.72. The average molecular weight is 411 g/mol. The summed E-state index contributed by atoms with van der Waals surface area (Å²) in [5, 5.41) is 0. The molecule has 2 aromatic rings. The first-order valence-electron chi connectivity index (χ1n) is 10.9. The van der Waals surface area contributed by atoms with E-state index < -0.39 is 0 Å². The van der Waals surface area contributed by atoms with Crippen LogP contribution in [0.3, 0.4) is 0 Å². The molecule has 2 aliphatic rings. The summed E-state index contributed by atoms with van der Waals surface area (Å²) >= 11 is 0. The van der Waals surface area contributed by atoms with E-state index in [0.717, 1.165) is 72.8 Å². The average Bonchev–Trinajstić information content (AvgIpc) is 2.77. The Hall–Kier alpha value is -2.67. The quantitative estimate of drug-likeness (QED) is 0.759. The van der Waals surface area contributed by atoms with Crippen molar-refractivity contribution in [2.45, 2.75) is 52.6 Å². The van der Waals surface area contributed by atoms with E-state index in [1.165, 1.54) is 0 Å². The third-order valence-corrected chi connectivity index (χ3v) is 5.58. The predicted octanol–water partition coefficient (Wildman–Crippen LogP) is 3.10. The third kappa shape index (κ3) is 4.56. The van der Waals surface area contributed by atoms with E-state index in [1.54, 1.807) is 0 Å². The number of aromatic nitrogens is 2. The van der Waals surface area contributed by atoms with Crippen LogP contribution in [0.5, 0.6) is 11.5 Å². The number of nitrogens with one attached hydrogen (secondary N) is 1. The predicted molar refractivity (Wildman–Crippen MR) is 117 cm³/mol. The maximum atomic E-state index is 12.8. The van der Waals surface area contributed by atoms with Crippen LogP contribution in [0.2, 0.25) is 0 Å². The molecule has 4 rings (SSSR count). The monoisotopic (exact) mass is 410 g/mol. The van der Waals surface area contributed by atoms with Gasteiger partial charge in [0.05, 0.1) is 30.2 Å². The molecule has 0 fully saturated rings. The third-order valence-electron chi connectivity index (χ3n) is 5.58. The minimum Gasteiger partial charge on any atom is -0.494 e. The Kier molecular flexibility index (Phi) is 6.47. The van der Waals surface area contributed by atoms with Crippen LogP contribution in [-0.4, -0.2) is 46.9 Å². The van der Waals surface area contributed by atoms with E-state index in [4.69, 9.17) is 14.5 Å². The molecule has 0 saturated heterocycles. The van der Waals surface area contributed by atoms with E-state index in [2.05, 4.69) is 14.9 Å². The smallest absolute Gasteiger partial charge is 0.255 e. The fourth-order valence-electron chi connectivity index (χ4n) is 4.12. The summed E-state index contributed by atoms with van der Waals surface area (Å²) in [5.74, 6) is 2.37. The minimum atomic E-state index is -0.0407.